The molecule has 0 atom stereocenters. The van der Waals surface area contributed by atoms with Gasteiger partial charge >= 0.3 is 0 Å². The van der Waals surface area contributed by atoms with Gasteiger partial charge in [0.2, 0.25) is 0 Å². The number of fused-ring (bicyclic) bond motifs is 1. The number of rotatable bonds is 6. The molecule has 0 spiro atoms. The Balaban J connectivity index is 1.67. The number of aromatic nitrogens is 1. The SMILES string of the molecule is COc1ccc(CNC(=O)c2cc(C)nc3c(-c4cccs4)cccc23)c(OC)c1. The largest absolute Gasteiger partial charge is 0.497 e. The normalized spacial score (nSPS) is 10.8. The second kappa shape index (κ2) is 8.55. The number of nitrogens with zero attached hydrogens (tertiary/aromatic N) is 1. The topological polar surface area (TPSA) is 60.5 Å². The summed E-state index contributed by atoms with van der Waals surface area (Å²) >= 11 is 1.66. The van der Waals surface area contributed by atoms with Gasteiger partial charge in [0, 0.05) is 39.7 Å². The van der Waals surface area contributed by atoms with Crippen LogP contribution in [0.4, 0.5) is 0 Å². The molecule has 4 aromatic rings. The number of hydrogen-bond donors (Lipinski definition) is 1. The van der Waals surface area contributed by atoms with Gasteiger partial charge in [-0.05, 0) is 36.6 Å². The van der Waals surface area contributed by atoms with Crippen molar-refractivity contribution in [1.82, 2.24) is 10.3 Å². The average Bonchev–Trinajstić information content (AvgIpc) is 3.31. The molecule has 0 unspecified atom stereocenters. The number of para-hydroxylation sites is 1. The lowest BCUT2D eigenvalue weighted by Gasteiger charge is -2.13. The standard InChI is InChI=1S/C24H22N2O3S/c1-15-12-20(18-6-4-7-19(23(18)26-15)22-8-5-11-30-22)24(27)25-14-16-9-10-17(28-2)13-21(16)29-3/h4-13H,14H2,1-3H3,(H,25,27). The molecule has 30 heavy (non-hydrogen) atoms. The second-order valence-electron chi connectivity index (χ2n) is 6.85. The lowest BCUT2D eigenvalue weighted by molar-refractivity contribution is 0.0952. The van der Waals surface area contributed by atoms with Gasteiger partial charge in [-0.25, -0.2) is 0 Å². The summed E-state index contributed by atoms with van der Waals surface area (Å²) in [6, 6.07) is 17.4. The number of methoxy groups -OCH3 is 2. The Bertz CT molecular complexity index is 1200. The number of ether oxygens (including phenoxy) is 2. The van der Waals surface area contributed by atoms with Crippen molar-refractivity contribution in [1.29, 1.82) is 0 Å². The summed E-state index contributed by atoms with van der Waals surface area (Å²) in [5.41, 5.74) is 4.17. The van der Waals surface area contributed by atoms with Gasteiger partial charge in [-0.3, -0.25) is 9.78 Å². The van der Waals surface area contributed by atoms with Crippen molar-refractivity contribution in [2.24, 2.45) is 0 Å². The highest BCUT2D eigenvalue weighted by Crippen LogP contribution is 2.32. The van der Waals surface area contributed by atoms with Gasteiger partial charge in [0.25, 0.3) is 5.91 Å². The number of carbonyl (C=O) groups is 1. The smallest absolute Gasteiger partial charge is 0.252 e. The molecule has 6 heteroatoms. The van der Waals surface area contributed by atoms with Crippen molar-refractivity contribution in [2.45, 2.75) is 13.5 Å². The molecule has 2 aromatic carbocycles. The van der Waals surface area contributed by atoms with Crippen molar-refractivity contribution in [3.63, 3.8) is 0 Å². The zero-order valence-corrected chi connectivity index (χ0v) is 17.9. The van der Waals surface area contributed by atoms with E-state index in [1.807, 2.05) is 54.8 Å². The summed E-state index contributed by atoms with van der Waals surface area (Å²) in [7, 11) is 3.21. The molecule has 0 bridgehead atoms. The van der Waals surface area contributed by atoms with E-state index in [9.17, 15) is 4.79 Å². The van der Waals surface area contributed by atoms with E-state index in [0.717, 1.165) is 32.6 Å². The van der Waals surface area contributed by atoms with E-state index < -0.39 is 0 Å². The molecule has 0 saturated heterocycles. The third-order valence-electron chi connectivity index (χ3n) is 4.93. The molecule has 0 aliphatic carbocycles. The van der Waals surface area contributed by atoms with E-state index in [-0.39, 0.29) is 5.91 Å². The zero-order chi connectivity index (χ0) is 21.1. The van der Waals surface area contributed by atoms with Crippen LogP contribution in [0.1, 0.15) is 21.6 Å². The van der Waals surface area contributed by atoms with Gasteiger partial charge in [-0.2, -0.15) is 0 Å². The summed E-state index contributed by atoms with van der Waals surface area (Å²) in [5.74, 6) is 1.23. The summed E-state index contributed by atoms with van der Waals surface area (Å²) in [4.78, 5) is 19.0. The highest BCUT2D eigenvalue weighted by molar-refractivity contribution is 7.13. The Morgan fingerprint density at radius 3 is 2.67 bits per heavy atom. The molecule has 1 amide bonds. The zero-order valence-electron chi connectivity index (χ0n) is 17.1. The van der Waals surface area contributed by atoms with Gasteiger partial charge in [0.05, 0.1) is 25.3 Å². The first-order valence-corrected chi connectivity index (χ1v) is 10.4. The van der Waals surface area contributed by atoms with Crippen LogP contribution in [-0.2, 0) is 6.54 Å². The first kappa shape index (κ1) is 19.9. The van der Waals surface area contributed by atoms with Crippen LogP contribution < -0.4 is 14.8 Å². The fourth-order valence-electron chi connectivity index (χ4n) is 3.46. The number of aryl methyl sites for hydroxylation is 1. The number of amides is 1. The van der Waals surface area contributed by atoms with Crippen LogP contribution in [0.25, 0.3) is 21.3 Å². The molecule has 0 radical (unpaired) electrons. The Morgan fingerprint density at radius 2 is 1.93 bits per heavy atom. The fourth-order valence-corrected chi connectivity index (χ4v) is 4.22. The van der Waals surface area contributed by atoms with Crippen LogP contribution in [0.3, 0.4) is 0 Å². The maximum atomic E-state index is 13.1. The summed E-state index contributed by atoms with van der Waals surface area (Å²) < 4.78 is 10.7. The monoisotopic (exact) mass is 418 g/mol. The van der Waals surface area contributed by atoms with Gasteiger partial charge < -0.3 is 14.8 Å². The minimum Gasteiger partial charge on any atom is -0.497 e. The van der Waals surface area contributed by atoms with Crippen LogP contribution in [0.5, 0.6) is 11.5 Å². The minimum absolute atomic E-state index is 0.147. The Labute approximate surface area is 179 Å². The van der Waals surface area contributed by atoms with Crippen LogP contribution in [0.15, 0.2) is 60.0 Å². The Kier molecular flexibility index (Phi) is 5.68. The maximum Gasteiger partial charge on any atom is 0.252 e. The van der Waals surface area contributed by atoms with Gasteiger partial charge in [-0.1, -0.05) is 24.3 Å². The third kappa shape index (κ3) is 3.86. The number of carbonyl (C=O) groups excluding carboxylic acids is 1. The van der Waals surface area contributed by atoms with Gasteiger partial charge in [-0.15, -0.1) is 11.3 Å². The highest BCUT2D eigenvalue weighted by Gasteiger charge is 2.16. The molecule has 2 aromatic heterocycles. The first-order chi connectivity index (χ1) is 14.6. The number of benzene rings is 2. The van der Waals surface area contributed by atoms with Crippen molar-refractivity contribution in [2.75, 3.05) is 14.2 Å². The first-order valence-electron chi connectivity index (χ1n) is 9.54. The predicted octanol–water partition coefficient (Wildman–Crippen LogP) is 5.22. The minimum atomic E-state index is -0.147. The van der Waals surface area contributed by atoms with Crippen LogP contribution in [0.2, 0.25) is 0 Å². The van der Waals surface area contributed by atoms with E-state index in [0.29, 0.717) is 23.6 Å². The lowest BCUT2D eigenvalue weighted by Crippen LogP contribution is -2.23. The molecule has 152 valence electrons. The summed E-state index contributed by atoms with van der Waals surface area (Å²) in [6.07, 6.45) is 0. The molecule has 0 fully saturated rings. The number of nitrogens with one attached hydrogen (secondary N) is 1. The van der Waals surface area contributed by atoms with E-state index in [4.69, 9.17) is 14.5 Å². The van der Waals surface area contributed by atoms with E-state index in [1.54, 1.807) is 31.6 Å². The number of pyridine rings is 1. The van der Waals surface area contributed by atoms with Gasteiger partial charge in [0.1, 0.15) is 11.5 Å². The van der Waals surface area contributed by atoms with E-state index >= 15 is 0 Å². The summed E-state index contributed by atoms with van der Waals surface area (Å²) in [6.45, 7) is 2.26. The molecule has 4 rings (SSSR count). The number of thiophene rings is 1. The fraction of sp³-hybridized carbons (Fsp3) is 0.167. The lowest BCUT2D eigenvalue weighted by atomic mass is 10.0. The third-order valence-corrected chi connectivity index (χ3v) is 5.84. The molecule has 0 aliphatic rings. The molecule has 2 heterocycles. The Hall–Kier alpha value is -3.38. The molecule has 5 nitrogen and oxygen atoms in total. The highest BCUT2D eigenvalue weighted by atomic mass is 32.1. The average molecular weight is 419 g/mol. The Morgan fingerprint density at radius 1 is 1.07 bits per heavy atom. The van der Waals surface area contributed by atoms with Crippen molar-refractivity contribution < 1.29 is 14.3 Å². The number of hydrogen-bond acceptors (Lipinski definition) is 5. The quantitative estimate of drug-likeness (QED) is 0.466. The van der Waals surface area contributed by atoms with Gasteiger partial charge in [0.15, 0.2) is 0 Å². The molecular weight excluding hydrogens is 396 g/mol. The van der Waals surface area contributed by atoms with Crippen LogP contribution in [-0.4, -0.2) is 25.1 Å². The van der Waals surface area contributed by atoms with Crippen LogP contribution >= 0.6 is 11.3 Å². The molecule has 0 saturated carbocycles. The van der Waals surface area contributed by atoms with Crippen molar-refractivity contribution >= 4 is 28.1 Å². The summed E-state index contributed by atoms with van der Waals surface area (Å²) in [5, 5.41) is 5.90. The second-order valence-corrected chi connectivity index (χ2v) is 7.80. The maximum absolute atomic E-state index is 13.1. The van der Waals surface area contributed by atoms with Crippen LogP contribution in [0, 0.1) is 6.92 Å². The van der Waals surface area contributed by atoms with Crippen molar-refractivity contribution in [3.05, 3.63) is 76.8 Å². The molecule has 1 N–H and O–H groups in total. The van der Waals surface area contributed by atoms with Crippen molar-refractivity contribution in [3.8, 4) is 21.9 Å². The predicted molar refractivity (Wildman–Crippen MR) is 121 cm³/mol. The molecule has 0 aliphatic heterocycles. The van der Waals surface area contributed by atoms with E-state index in [2.05, 4.69) is 11.4 Å². The molecular formula is C24H22N2O3S. The van der Waals surface area contributed by atoms with E-state index in [1.165, 1.54) is 0 Å².